The largest absolute Gasteiger partial charge is 0.492 e. The fourth-order valence-electron chi connectivity index (χ4n) is 1.59. The van der Waals surface area contributed by atoms with Gasteiger partial charge >= 0.3 is 0 Å². The van der Waals surface area contributed by atoms with Crippen LogP contribution in [0.2, 0.25) is 0 Å². The Morgan fingerprint density at radius 3 is 2.65 bits per heavy atom. The van der Waals surface area contributed by atoms with Gasteiger partial charge in [-0.25, -0.2) is 0 Å². The summed E-state index contributed by atoms with van der Waals surface area (Å²) in [6, 6.07) is 8.02. The van der Waals surface area contributed by atoms with E-state index in [1.807, 2.05) is 24.3 Å². The average molecular weight is 230 g/mol. The van der Waals surface area contributed by atoms with E-state index in [4.69, 9.17) is 4.74 Å². The summed E-state index contributed by atoms with van der Waals surface area (Å²) in [5.41, 5.74) is 1.00. The Bertz CT molecular complexity index is 371. The third kappa shape index (κ3) is 5.45. The minimum Gasteiger partial charge on any atom is -0.492 e. The Hall–Kier alpha value is -1.42. The van der Waals surface area contributed by atoms with Crippen LogP contribution in [0, 0.1) is 11.8 Å². The Labute approximate surface area is 105 Å². The summed E-state index contributed by atoms with van der Waals surface area (Å²) >= 11 is 0. The lowest BCUT2D eigenvalue weighted by Crippen LogP contribution is -1.98. The topological polar surface area (TPSA) is 9.23 Å². The van der Waals surface area contributed by atoms with Gasteiger partial charge in [0, 0.05) is 6.42 Å². The normalized spacial score (nSPS) is 9.53. The smallest absolute Gasteiger partial charge is 0.134 e. The van der Waals surface area contributed by atoms with Crippen LogP contribution in [0.25, 0.3) is 0 Å². The summed E-state index contributed by atoms with van der Waals surface area (Å²) in [5, 5.41) is 0. The Morgan fingerprint density at radius 2 is 1.88 bits per heavy atom. The molecular weight excluding hydrogens is 208 g/mol. The molecule has 0 fully saturated rings. The van der Waals surface area contributed by atoms with Gasteiger partial charge in [-0.3, -0.25) is 0 Å². The lowest BCUT2D eigenvalue weighted by Gasteiger charge is -2.07. The number of ether oxygens (including phenoxy) is 1. The van der Waals surface area contributed by atoms with Gasteiger partial charge < -0.3 is 4.74 Å². The van der Waals surface area contributed by atoms with Crippen molar-refractivity contribution >= 4 is 0 Å². The number of hydrogen-bond acceptors (Lipinski definition) is 1. The molecule has 1 aromatic rings. The van der Waals surface area contributed by atoms with Gasteiger partial charge in [-0.2, -0.15) is 0 Å². The van der Waals surface area contributed by atoms with Gasteiger partial charge in [0.15, 0.2) is 0 Å². The fourth-order valence-corrected chi connectivity index (χ4v) is 1.59. The molecule has 0 saturated heterocycles. The molecule has 0 aromatic heterocycles. The molecular formula is C16H22O. The first-order chi connectivity index (χ1) is 8.38. The van der Waals surface area contributed by atoms with E-state index in [1.54, 1.807) is 0 Å². The minimum atomic E-state index is 0.796. The molecule has 0 bridgehead atoms. The predicted octanol–water partition coefficient (Wildman–Crippen LogP) is 4.41. The highest BCUT2D eigenvalue weighted by atomic mass is 16.5. The Kier molecular flexibility index (Phi) is 6.98. The lowest BCUT2D eigenvalue weighted by atomic mass is 10.2. The number of rotatable bonds is 6. The molecule has 0 aliphatic rings. The maximum absolute atomic E-state index is 5.78. The van der Waals surface area contributed by atoms with Crippen molar-refractivity contribution in [1.82, 2.24) is 0 Å². The number of unbranched alkanes of at least 4 members (excludes halogenated alkanes) is 3. The average Bonchev–Trinajstić information content (AvgIpc) is 2.37. The van der Waals surface area contributed by atoms with Gasteiger partial charge in [-0.1, -0.05) is 57.1 Å². The van der Waals surface area contributed by atoms with Crippen molar-refractivity contribution in [2.24, 2.45) is 0 Å². The van der Waals surface area contributed by atoms with Crippen molar-refractivity contribution in [2.45, 2.75) is 46.0 Å². The summed E-state index contributed by atoms with van der Waals surface area (Å²) in [6.07, 6.45) is 5.81. The zero-order valence-corrected chi connectivity index (χ0v) is 11.0. The third-order valence-corrected chi connectivity index (χ3v) is 2.54. The molecule has 0 saturated carbocycles. The van der Waals surface area contributed by atoms with Gasteiger partial charge in [0.05, 0.1) is 12.2 Å². The summed E-state index contributed by atoms with van der Waals surface area (Å²) in [6.45, 7) is 5.07. The minimum absolute atomic E-state index is 0.796. The van der Waals surface area contributed by atoms with E-state index < -0.39 is 0 Å². The van der Waals surface area contributed by atoms with E-state index >= 15 is 0 Å². The third-order valence-electron chi connectivity index (χ3n) is 2.54. The van der Waals surface area contributed by atoms with E-state index in [0.717, 1.165) is 30.8 Å². The first kappa shape index (κ1) is 13.6. The van der Waals surface area contributed by atoms with Crippen LogP contribution < -0.4 is 4.74 Å². The van der Waals surface area contributed by atoms with Crippen LogP contribution in [0.1, 0.15) is 51.5 Å². The molecule has 17 heavy (non-hydrogen) atoms. The number of hydrogen-bond donors (Lipinski definition) is 0. The molecule has 0 atom stereocenters. The van der Waals surface area contributed by atoms with E-state index in [-0.39, 0.29) is 0 Å². The van der Waals surface area contributed by atoms with Crippen LogP contribution in [0.4, 0.5) is 0 Å². The van der Waals surface area contributed by atoms with Crippen LogP contribution in [0.5, 0.6) is 5.75 Å². The van der Waals surface area contributed by atoms with Crippen molar-refractivity contribution in [3.8, 4) is 17.6 Å². The Morgan fingerprint density at radius 1 is 1.06 bits per heavy atom. The molecule has 0 aliphatic heterocycles. The van der Waals surface area contributed by atoms with Gasteiger partial charge in [-0.15, -0.1) is 0 Å². The second-order valence-electron chi connectivity index (χ2n) is 4.06. The second kappa shape index (κ2) is 8.70. The van der Waals surface area contributed by atoms with Gasteiger partial charge in [0.1, 0.15) is 5.75 Å². The van der Waals surface area contributed by atoms with Gasteiger partial charge in [-0.05, 0) is 18.6 Å². The van der Waals surface area contributed by atoms with Crippen LogP contribution in [0.3, 0.4) is 0 Å². The Balaban J connectivity index is 2.46. The summed E-state index contributed by atoms with van der Waals surface area (Å²) in [7, 11) is 0. The zero-order valence-electron chi connectivity index (χ0n) is 11.0. The maximum Gasteiger partial charge on any atom is 0.134 e. The van der Waals surface area contributed by atoms with Crippen molar-refractivity contribution in [3.63, 3.8) is 0 Å². The molecule has 1 heteroatoms. The SMILES string of the molecule is CCC#Cc1ccccc1OCCCCCC. The summed E-state index contributed by atoms with van der Waals surface area (Å²) < 4.78 is 5.78. The maximum atomic E-state index is 5.78. The van der Waals surface area contributed by atoms with Crippen molar-refractivity contribution in [2.75, 3.05) is 6.61 Å². The molecule has 1 aromatic carbocycles. The first-order valence-electron chi connectivity index (χ1n) is 6.59. The highest BCUT2D eigenvalue weighted by Gasteiger charge is 1.99. The first-order valence-corrected chi connectivity index (χ1v) is 6.59. The highest BCUT2D eigenvalue weighted by molar-refractivity contribution is 5.45. The van der Waals surface area contributed by atoms with Gasteiger partial charge in [0.2, 0.25) is 0 Å². The molecule has 0 aliphatic carbocycles. The van der Waals surface area contributed by atoms with Crippen LogP contribution in [-0.4, -0.2) is 6.61 Å². The van der Waals surface area contributed by atoms with E-state index in [2.05, 4.69) is 25.7 Å². The van der Waals surface area contributed by atoms with Crippen molar-refractivity contribution < 1.29 is 4.74 Å². The van der Waals surface area contributed by atoms with Crippen molar-refractivity contribution in [1.29, 1.82) is 0 Å². The molecule has 0 N–H and O–H groups in total. The highest BCUT2D eigenvalue weighted by Crippen LogP contribution is 2.17. The van der Waals surface area contributed by atoms with Crippen molar-refractivity contribution in [3.05, 3.63) is 29.8 Å². The standard InChI is InChI=1S/C16H22O/c1-3-5-7-10-14-17-16-13-9-8-12-15(16)11-6-4-2/h8-9,12-13H,3-5,7,10,14H2,1-2H3. The molecule has 0 heterocycles. The van der Waals surface area contributed by atoms with Crippen LogP contribution >= 0.6 is 0 Å². The second-order valence-corrected chi connectivity index (χ2v) is 4.06. The number of para-hydroxylation sites is 1. The molecule has 0 amide bonds. The molecule has 1 nitrogen and oxygen atoms in total. The van der Waals surface area contributed by atoms with E-state index in [0.29, 0.717) is 0 Å². The molecule has 0 unspecified atom stereocenters. The fraction of sp³-hybridized carbons (Fsp3) is 0.500. The predicted molar refractivity (Wildman–Crippen MR) is 73.2 cm³/mol. The van der Waals surface area contributed by atoms with E-state index in [1.165, 1.54) is 19.3 Å². The zero-order chi connectivity index (χ0) is 12.3. The van der Waals surface area contributed by atoms with Crippen LogP contribution in [-0.2, 0) is 0 Å². The molecule has 0 spiro atoms. The quantitative estimate of drug-likeness (QED) is 0.519. The number of benzene rings is 1. The molecule has 0 radical (unpaired) electrons. The summed E-state index contributed by atoms with van der Waals surface area (Å²) in [4.78, 5) is 0. The monoisotopic (exact) mass is 230 g/mol. The van der Waals surface area contributed by atoms with Crippen LogP contribution in [0.15, 0.2) is 24.3 Å². The molecule has 92 valence electrons. The summed E-state index contributed by atoms with van der Waals surface area (Å²) in [5.74, 6) is 7.15. The molecule has 1 rings (SSSR count). The van der Waals surface area contributed by atoms with Gasteiger partial charge in [0.25, 0.3) is 0 Å². The van der Waals surface area contributed by atoms with E-state index in [9.17, 15) is 0 Å². The lowest BCUT2D eigenvalue weighted by molar-refractivity contribution is 0.304.